The van der Waals surface area contributed by atoms with Gasteiger partial charge in [-0.05, 0) is 30.2 Å². The fraction of sp³-hybridized carbons (Fsp3) is 0.100. The number of hydrogen-bond donors (Lipinski definition) is 0. The Balaban J connectivity index is 2.00. The highest BCUT2D eigenvalue weighted by Gasteiger charge is 2.32. The van der Waals surface area contributed by atoms with Crippen LogP contribution in [0.3, 0.4) is 0 Å². The first-order valence-electron chi connectivity index (χ1n) is 11.4. The summed E-state index contributed by atoms with van der Waals surface area (Å²) in [4.78, 5) is 12.0. The molecule has 0 spiro atoms. The zero-order valence-electron chi connectivity index (χ0n) is 19.8. The third-order valence-corrected chi connectivity index (χ3v) is 8.84. The number of hydrogen-bond acceptors (Lipinski definition) is 4. The summed E-state index contributed by atoms with van der Waals surface area (Å²) in [7, 11) is -1.64. The van der Waals surface area contributed by atoms with Gasteiger partial charge < -0.3 is 14.0 Å². The van der Waals surface area contributed by atoms with Gasteiger partial charge in [0.1, 0.15) is 5.75 Å². The largest absolute Gasteiger partial charge is 0.496 e. The van der Waals surface area contributed by atoms with Crippen LogP contribution in [-0.2, 0) is 14.1 Å². The Bertz CT molecular complexity index is 1330. The molecule has 0 aromatic heterocycles. The number of benzene rings is 4. The van der Waals surface area contributed by atoms with E-state index in [4.69, 9.17) is 9.47 Å². The Morgan fingerprint density at radius 2 is 1.40 bits per heavy atom. The molecule has 0 aliphatic rings. The van der Waals surface area contributed by atoms with Crippen molar-refractivity contribution in [3.63, 3.8) is 0 Å². The van der Waals surface area contributed by atoms with E-state index in [0.29, 0.717) is 17.7 Å². The van der Waals surface area contributed by atoms with Crippen molar-refractivity contribution < 1.29 is 18.8 Å². The Hall–Kier alpha value is -3.88. The van der Waals surface area contributed by atoms with Gasteiger partial charge in [-0.25, -0.2) is 4.79 Å². The minimum Gasteiger partial charge on any atom is -0.496 e. The molecule has 0 heterocycles. The fourth-order valence-corrected chi connectivity index (χ4v) is 7.02. The second kappa shape index (κ2) is 11.0. The van der Waals surface area contributed by atoms with Crippen molar-refractivity contribution >= 4 is 35.1 Å². The Morgan fingerprint density at radius 1 is 0.800 bits per heavy atom. The molecule has 0 aliphatic heterocycles. The third kappa shape index (κ3) is 4.99. The van der Waals surface area contributed by atoms with Gasteiger partial charge in [-0.2, -0.15) is 0 Å². The zero-order chi connectivity index (χ0) is 24.7. The smallest absolute Gasteiger partial charge is 0.330 e. The average molecular weight is 483 g/mol. The molecule has 5 heteroatoms. The summed E-state index contributed by atoms with van der Waals surface area (Å²) in [6.45, 7) is 2.07. The predicted molar refractivity (Wildman–Crippen MR) is 143 cm³/mol. The van der Waals surface area contributed by atoms with Gasteiger partial charge in [-0.1, -0.05) is 97.1 Å². The summed E-state index contributed by atoms with van der Waals surface area (Å²) in [6.07, 6.45) is 3.11. The average Bonchev–Trinajstić information content (AvgIpc) is 2.92. The van der Waals surface area contributed by atoms with Crippen molar-refractivity contribution in [2.75, 3.05) is 13.7 Å². The molecule has 0 bridgehead atoms. The van der Waals surface area contributed by atoms with Crippen LogP contribution >= 0.6 is 7.14 Å². The van der Waals surface area contributed by atoms with Crippen LogP contribution < -0.4 is 20.7 Å². The lowest BCUT2D eigenvalue weighted by atomic mass is 9.98. The molecule has 0 unspecified atom stereocenters. The van der Waals surface area contributed by atoms with Gasteiger partial charge in [0, 0.05) is 27.6 Å². The van der Waals surface area contributed by atoms with Gasteiger partial charge in [0.2, 0.25) is 0 Å². The minimum absolute atomic E-state index is 0.300. The molecule has 176 valence electrons. The van der Waals surface area contributed by atoms with Crippen LogP contribution in [-0.4, -0.2) is 19.7 Å². The van der Waals surface area contributed by atoms with Crippen LogP contribution in [0.25, 0.3) is 17.2 Å². The molecule has 0 atom stereocenters. The maximum Gasteiger partial charge on any atom is 0.330 e. The number of ether oxygens (including phenoxy) is 2. The van der Waals surface area contributed by atoms with E-state index in [9.17, 15) is 4.79 Å². The van der Waals surface area contributed by atoms with Crippen LogP contribution in [0.2, 0.25) is 0 Å². The molecule has 0 amide bonds. The molecule has 4 aromatic rings. The molecule has 0 saturated carbocycles. The van der Waals surface area contributed by atoms with Crippen LogP contribution in [0.4, 0.5) is 0 Å². The first-order chi connectivity index (χ1) is 17.1. The highest BCUT2D eigenvalue weighted by Crippen LogP contribution is 2.47. The monoisotopic (exact) mass is 482 g/mol. The summed E-state index contributed by atoms with van der Waals surface area (Å²) in [5.41, 5.74) is 2.31. The van der Waals surface area contributed by atoms with Gasteiger partial charge in [0.25, 0.3) is 0 Å². The van der Waals surface area contributed by atoms with Crippen LogP contribution in [0.1, 0.15) is 12.5 Å². The highest BCUT2D eigenvalue weighted by atomic mass is 31.2. The second-order valence-corrected chi connectivity index (χ2v) is 10.5. The second-order valence-electron chi connectivity index (χ2n) is 7.81. The van der Waals surface area contributed by atoms with E-state index in [0.717, 1.165) is 27.3 Å². The van der Waals surface area contributed by atoms with E-state index in [1.54, 1.807) is 20.1 Å². The molecule has 4 rings (SSSR count). The predicted octanol–water partition coefficient (Wildman–Crippen LogP) is 5.58. The molecule has 0 fully saturated rings. The quantitative estimate of drug-likeness (QED) is 0.187. The van der Waals surface area contributed by atoms with Crippen molar-refractivity contribution in [1.82, 2.24) is 0 Å². The van der Waals surface area contributed by atoms with Crippen LogP contribution in [0.5, 0.6) is 5.75 Å². The summed E-state index contributed by atoms with van der Waals surface area (Å²) in [5, 5.41) is 2.20. The molecule has 0 N–H and O–H groups in total. The van der Waals surface area contributed by atoms with Crippen molar-refractivity contribution in [1.29, 1.82) is 0 Å². The zero-order valence-corrected chi connectivity index (χ0v) is 20.7. The molecule has 4 aromatic carbocycles. The fourth-order valence-electron chi connectivity index (χ4n) is 4.16. The lowest BCUT2D eigenvalue weighted by molar-refractivity contribution is -0.137. The van der Waals surface area contributed by atoms with E-state index in [1.807, 2.05) is 103 Å². The van der Waals surface area contributed by atoms with E-state index in [1.165, 1.54) is 6.08 Å². The summed E-state index contributed by atoms with van der Waals surface area (Å²) >= 11 is 0. The van der Waals surface area contributed by atoms with Gasteiger partial charge in [-0.3, -0.25) is 0 Å². The Morgan fingerprint density at radius 3 is 2.00 bits per heavy atom. The van der Waals surface area contributed by atoms with Crippen molar-refractivity contribution in [2.24, 2.45) is 0 Å². The standard InChI is InChI=1S/C30H27O4P/c1-3-34-29(31)22-21-23-13-12-19-27(33-2)30(23)26-18-10-11-20-28(26)35(32,24-14-6-4-7-15-24)25-16-8-5-9-17-25/h4-22H,3H2,1-2H3/b22-21+. The normalized spacial score (nSPS) is 11.4. The van der Waals surface area contributed by atoms with Crippen molar-refractivity contribution in [2.45, 2.75) is 6.92 Å². The lowest BCUT2D eigenvalue weighted by Crippen LogP contribution is -2.26. The highest BCUT2D eigenvalue weighted by molar-refractivity contribution is 7.85. The first kappa shape index (κ1) is 24.3. The van der Waals surface area contributed by atoms with Crippen LogP contribution in [0, 0.1) is 0 Å². The van der Waals surface area contributed by atoms with E-state index >= 15 is 4.57 Å². The van der Waals surface area contributed by atoms with Crippen LogP contribution in [0.15, 0.2) is 109 Å². The molecule has 0 radical (unpaired) electrons. The molecular weight excluding hydrogens is 455 g/mol. The number of carbonyl (C=O) groups is 1. The van der Waals surface area contributed by atoms with Gasteiger partial charge >= 0.3 is 5.97 Å². The third-order valence-electron chi connectivity index (χ3n) is 5.72. The van der Waals surface area contributed by atoms with E-state index in [2.05, 4.69) is 0 Å². The van der Waals surface area contributed by atoms with E-state index < -0.39 is 13.1 Å². The molecule has 0 aliphatic carbocycles. The molecular formula is C30H27O4P. The number of methoxy groups -OCH3 is 1. The molecule has 35 heavy (non-hydrogen) atoms. The number of esters is 1. The summed E-state index contributed by atoms with van der Waals surface area (Å²) in [6, 6.07) is 32.4. The van der Waals surface area contributed by atoms with E-state index in [-0.39, 0.29) is 0 Å². The van der Waals surface area contributed by atoms with Gasteiger partial charge in [-0.15, -0.1) is 0 Å². The number of carbonyl (C=O) groups excluding carboxylic acids is 1. The summed E-state index contributed by atoms with van der Waals surface area (Å²) in [5.74, 6) is 0.199. The topological polar surface area (TPSA) is 52.6 Å². The lowest BCUT2D eigenvalue weighted by Gasteiger charge is -2.24. The van der Waals surface area contributed by atoms with Crippen molar-refractivity contribution in [3.05, 3.63) is 115 Å². The maximum absolute atomic E-state index is 15.1. The Kier molecular flexibility index (Phi) is 7.64. The minimum atomic E-state index is -3.25. The van der Waals surface area contributed by atoms with Gasteiger partial charge in [0.15, 0.2) is 7.14 Å². The first-order valence-corrected chi connectivity index (χ1v) is 13.1. The Labute approximate surface area is 206 Å². The summed E-state index contributed by atoms with van der Waals surface area (Å²) < 4.78 is 25.9. The maximum atomic E-state index is 15.1. The van der Waals surface area contributed by atoms with Crippen molar-refractivity contribution in [3.8, 4) is 16.9 Å². The SMILES string of the molecule is CCOC(=O)/C=C/c1cccc(OC)c1-c1ccccc1P(=O)(c1ccccc1)c1ccccc1. The van der Waals surface area contributed by atoms with Gasteiger partial charge in [0.05, 0.1) is 13.7 Å². The number of rotatable bonds is 8. The molecule has 0 saturated heterocycles. The molecule has 4 nitrogen and oxygen atoms in total.